The number of rotatable bonds is 5. The second-order valence-electron chi connectivity index (χ2n) is 8.60. The molecule has 6 nitrogen and oxygen atoms in total. The molecule has 4 rings (SSSR count). The van der Waals surface area contributed by atoms with Crippen LogP contribution >= 0.6 is 11.6 Å². The second kappa shape index (κ2) is 8.19. The standard InChI is InChI=1S/C24H25ClN4O2/c1-14-8-9-16(11-18(14)25)26-22-21-19(12-24(2,3)13-20(21)30)28-23(29-22)27-15-6-5-7-17(10-15)31-4/h5-11H,12-13H2,1-4H3,(H2,26,27,28,29). The van der Waals surface area contributed by atoms with E-state index in [4.69, 9.17) is 21.3 Å². The molecule has 0 bridgehead atoms. The number of fused-ring (bicyclic) bond motifs is 1. The molecule has 2 N–H and O–H groups in total. The molecular weight excluding hydrogens is 412 g/mol. The van der Waals surface area contributed by atoms with E-state index >= 15 is 0 Å². The molecule has 0 radical (unpaired) electrons. The van der Waals surface area contributed by atoms with Gasteiger partial charge >= 0.3 is 0 Å². The highest BCUT2D eigenvalue weighted by Gasteiger charge is 2.35. The number of Topliss-reactive ketones (excluding diaryl/α,β-unsaturated/α-hetero) is 1. The maximum absolute atomic E-state index is 13.0. The summed E-state index contributed by atoms with van der Waals surface area (Å²) in [6.45, 7) is 6.11. The summed E-state index contributed by atoms with van der Waals surface area (Å²) in [5, 5.41) is 7.17. The van der Waals surface area contributed by atoms with Crippen molar-refractivity contribution in [1.82, 2.24) is 9.97 Å². The summed E-state index contributed by atoms with van der Waals surface area (Å²) in [5.74, 6) is 1.67. The Kier molecular flexibility index (Phi) is 5.58. The Morgan fingerprint density at radius 3 is 2.55 bits per heavy atom. The monoisotopic (exact) mass is 436 g/mol. The van der Waals surface area contributed by atoms with Crippen molar-refractivity contribution in [1.29, 1.82) is 0 Å². The van der Waals surface area contributed by atoms with Crippen LogP contribution in [0.3, 0.4) is 0 Å². The number of ketones is 1. The Hall–Kier alpha value is -3.12. The number of carbonyl (C=O) groups is 1. The number of halogens is 1. The van der Waals surface area contributed by atoms with Crippen LogP contribution in [0.2, 0.25) is 5.02 Å². The number of carbonyl (C=O) groups excluding carboxylic acids is 1. The molecule has 1 aliphatic rings. The topological polar surface area (TPSA) is 76.1 Å². The summed E-state index contributed by atoms with van der Waals surface area (Å²) in [6.07, 6.45) is 1.14. The average molecular weight is 437 g/mol. The highest BCUT2D eigenvalue weighted by atomic mass is 35.5. The van der Waals surface area contributed by atoms with E-state index in [0.717, 1.165) is 28.4 Å². The van der Waals surface area contributed by atoms with E-state index in [1.54, 1.807) is 7.11 Å². The summed E-state index contributed by atoms with van der Waals surface area (Å²) >= 11 is 6.29. The summed E-state index contributed by atoms with van der Waals surface area (Å²) < 4.78 is 5.30. The minimum absolute atomic E-state index is 0.0416. The fraction of sp³-hybridized carbons (Fsp3) is 0.292. The number of aromatic nitrogens is 2. The number of nitrogens with zero attached hydrogens (tertiary/aromatic N) is 2. The van der Waals surface area contributed by atoms with Gasteiger partial charge in [-0.2, -0.15) is 4.98 Å². The van der Waals surface area contributed by atoms with E-state index in [1.165, 1.54) is 0 Å². The molecule has 1 aromatic heterocycles. The molecule has 7 heteroatoms. The van der Waals surface area contributed by atoms with Crippen LogP contribution in [0.4, 0.5) is 23.1 Å². The number of ether oxygens (including phenoxy) is 1. The number of hydrogen-bond donors (Lipinski definition) is 2. The zero-order chi connectivity index (χ0) is 22.2. The first-order chi connectivity index (χ1) is 14.7. The third kappa shape index (κ3) is 4.64. The molecule has 0 fully saturated rings. The van der Waals surface area contributed by atoms with Crippen LogP contribution in [-0.2, 0) is 6.42 Å². The Balaban J connectivity index is 1.77. The average Bonchev–Trinajstić information content (AvgIpc) is 2.69. The Labute approximate surface area is 187 Å². The fourth-order valence-electron chi connectivity index (χ4n) is 3.75. The molecule has 2 aromatic carbocycles. The zero-order valence-electron chi connectivity index (χ0n) is 18.0. The summed E-state index contributed by atoms with van der Waals surface area (Å²) in [5.41, 5.74) is 3.67. The van der Waals surface area contributed by atoms with Gasteiger partial charge in [0.15, 0.2) is 5.78 Å². The Morgan fingerprint density at radius 1 is 1.03 bits per heavy atom. The van der Waals surface area contributed by atoms with E-state index in [1.807, 2.05) is 49.4 Å². The molecule has 0 spiro atoms. The van der Waals surface area contributed by atoms with Gasteiger partial charge in [0.05, 0.1) is 18.4 Å². The third-order valence-electron chi connectivity index (χ3n) is 5.31. The normalized spacial score (nSPS) is 14.7. The first kappa shape index (κ1) is 21.1. The lowest BCUT2D eigenvalue weighted by molar-refractivity contribution is 0.0911. The summed E-state index contributed by atoms with van der Waals surface area (Å²) in [7, 11) is 1.62. The van der Waals surface area contributed by atoms with Crippen LogP contribution in [-0.4, -0.2) is 22.9 Å². The molecule has 0 saturated heterocycles. The molecule has 3 aromatic rings. The van der Waals surface area contributed by atoms with Crippen molar-refractivity contribution in [3.05, 3.63) is 64.3 Å². The lowest BCUT2D eigenvalue weighted by Crippen LogP contribution is -2.29. The quantitative estimate of drug-likeness (QED) is 0.504. The van der Waals surface area contributed by atoms with Gasteiger partial charge < -0.3 is 15.4 Å². The van der Waals surface area contributed by atoms with Gasteiger partial charge in [-0.25, -0.2) is 4.98 Å². The van der Waals surface area contributed by atoms with Crippen LogP contribution in [0.15, 0.2) is 42.5 Å². The number of anilines is 4. The van der Waals surface area contributed by atoms with Gasteiger partial charge in [0.25, 0.3) is 0 Å². The third-order valence-corrected chi connectivity index (χ3v) is 5.72. The fourth-order valence-corrected chi connectivity index (χ4v) is 3.93. The molecule has 0 saturated carbocycles. The largest absolute Gasteiger partial charge is 0.497 e. The van der Waals surface area contributed by atoms with Crippen molar-refractivity contribution in [2.24, 2.45) is 5.41 Å². The van der Waals surface area contributed by atoms with E-state index < -0.39 is 0 Å². The second-order valence-corrected chi connectivity index (χ2v) is 9.01. The van der Waals surface area contributed by atoms with E-state index in [9.17, 15) is 4.79 Å². The van der Waals surface area contributed by atoms with Crippen molar-refractivity contribution in [2.75, 3.05) is 17.7 Å². The number of hydrogen-bond acceptors (Lipinski definition) is 6. The van der Waals surface area contributed by atoms with E-state index in [0.29, 0.717) is 35.2 Å². The first-order valence-corrected chi connectivity index (χ1v) is 10.5. The number of benzene rings is 2. The number of nitrogens with one attached hydrogen (secondary N) is 2. The molecule has 0 aliphatic heterocycles. The summed E-state index contributed by atoms with van der Waals surface area (Å²) in [6, 6.07) is 13.2. The molecule has 31 heavy (non-hydrogen) atoms. The molecule has 1 heterocycles. The molecular formula is C24H25ClN4O2. The van der Waals surface area contributed by atoms with Crippen molar-refractivity contribution in [3.63, 3.8) is 0 Å². The highest BCUT2D eigenvalue weighted by molar-refractivity contribution is 6.31. The van der Waals surface area contributed by atoms with Crippen LogP contribution in [0, 0.1) is 12.3 Å². The van der Waals surface area contributed by atoms with Crippen molar-refractivity contribution < 1.29 is 9.53 Å². The van der Waals surface area contributed by atoms with Gasteiger partial charge in [-0.1, -0.05) is 37.6 Å². The van der Waals surface area contributed by atoms with Crippen LogP contribution in [0.5, 0.6) is 5.75 Å². The predicted octanol–water partition coefficient (Wildman–Crippen LogP) is 6.09. The zero-order valence-corrected chi connectivity index (χ0v) is 18.8. The van der Waals surface area contributed by atoms with Crippen molar-refractivity contribution >= 4 is 40.5 Å². The van der Waals surface area contributed by atoms with Gasteiger partial charge in [0, 0.05) is 28.9 Å². The smallest absolute Gasteiger partial charge is 0.229 e. The molecule has 1 aliphatic carbocycles. The van der Waals surface area contributed by atoms with Gasteiger partial charge in [-0.15, -0.1) is 0 Å². The SMILES string of the molecule is COc1cccc(Nc2nc3c(c(Nc4ccc(C)c(Cl)c4)n2)C(=O)CC(C)(C)C3)c1. The van der Waals surface area contributed by atoms with Crippen molar-refractivity contribution in [2.45, 2.75) is 33.6 Å². The molecule has 0 amide bonds. The first-order valence-electron chi connectivity index (χ1n) is 10.1. The van der Waals surface area contributed by atoms with Gasteiger partial charge in [-0.05, 0) is 48.6 Å². The van der Waals surface area contributed by atoms with Crippen LogP contribution in [0.25, 0.3) is 0 Å². The molecule has 160 valence electrons. The van der Waals surface area contributed by atoms with E-state index in [-0.39, 0.29) is 11.2 Å². The Bertz CT molecular complexity index is 1160. The highest BCUT2D eigenvalue weighted by Crippen LogP contribution is 2.38. The van der Waals surface area contributed by atoms with Crippen molar-refractivity contribution in [3.8, 4) is 5.75 Å². The van der Waals surface area contributed by atoms with Crippen LogP contribution < -0.4 is 15.4 Å². The maximum atomic E-state index is 13.0. The number of aryl methyl sites for hydroxylation is 1. The predicted molar refractivity (Wildman–Crippen MR) is 124 cm³/mol. The maximum Gasteiger partial charge on any atom is 0.229 e. The minimum Gasteiger partial charge on any atom is -0.497 e. The lowest BCUT2D eigenvalue weighted by atomic mass is 9.75. The minimum atomic E-state index is -0.157. The lowest BCUT2D eigenvalue weighted by Gasteiger charge is -2.30. The summed E-state index contributed by atoms with van der Waals surface area (Å²) in [4.78, 5) is 22.3. The van der Waals surface area contributed by atoms with Gasteiger partial charge in [0.1, 0.15) is 11.6 Å². The van der Waals surface area contributed by atoms with Gasteiger partial charge in [-0.3, -0.25) is 4.79 Å². The van der Waals surface area contributed by atoms with Gasteiger partial charge in [0.2, 0.25) is 5.95 Å². The van der Waals surface area contributed by atoms with E-state index in [2.05, 4.69) is 29.5 Å². The number of methoxy groups -OCH3 is 1. The van der Waals surface area contributed by atoms with Crippen LogP contribution in [0.1, 0.15) is 41.9 Å². The molecule has 0 unspecified atom stereocenters. The Morgan fingerprint density at radius 2 is 1.81 bits per heavy atom. The molecule has 0 atom stereocenters.